The van der Waals surface area contributed by atoms with Gasteiger partial charge in [0.15, 0.2) is 0 Å². The standard InChI is InChI=1S/C19H28N4O3/c1-11-7-6-8-23(11)15-9-13-14(10-20-17(13)24)16(21-15)12(2)26-18(25)22-19(3,4)5/h9,11-12H,6-8,10H2,1-5H3,(H,20,24)(H,22,25)/t11-,12?/m1/s1. The largest absolute Gasteiger partial charge is 0.440 e. The highest BCUT2D eigenvalue weighted by atomic mass is 16.6. The van der Waals surface area contributed by atoms with Crippen molar-refractivity contribution in [2.24, 2.45) is 0 Å². The fraction of sp³-hybridized carbons (Fsp3) is 0.632. The Labute approximate surface area is 154 Å². The number of hydrogen-bond acceptors (Lipinski definition) is 5. The number of carbonyl (C=O) groups excluding carboxylic acids is 2. The molecule has 1 aromatic heterocycles. The van der Waals surface area contributed by atoms with E-state index in [1.54, 1.807) is 6.92 Å². The third-order valence-electron chi connectivity index (χ3n) is 4.81. The summed E-state index contributed by atoms with van der Waals surface area (Å²) in [4.78, 5) is 31.4. The number of pyridine rings is 1. The molecule has 2 atom stereocenters. The summed E-state index contributed by atoms with van der Waals surface area (Å²) in [5.74, 6) is 0.690. The number of fused-ring (bicyclic) bond motifs is 1. The van der Waals surface area contributed by atoms with Crippen molar-refractivity contribution >= 4 is 17.8 Å². The zero-order valence-electron chi connectivity index (χ0n) is 16.2. The number of carbonyl (C=O) groups is 2. The molecule has 0 aromatic carbocycles. The first-order chi connectivity index (χ1) is 12.2. The van der Waals surface area contributed by atoms with E-state index in [0.717, 1.165) is 30.8 Å². The summed E-state index contributed by atoms with van der Waals surface area (Å²) in [7, 11) is 0. The molecular formula is C19H28N4O3. The summed E-state index contributed by atoms with van der Waals surface area (Å²) in [6.07, 6.45) is 1.19. The van der Waals surface area contributed by atoms with Crippen LogP contribution in [-0.4, -0.2) is 35.1 Å². The molecule has 1 saturated heterocycles. The Morgan fingerprint density at radius 3 is 2.81 bits per heavy atom. The molecule has 7 heteroatoms. The van der Waals surface area contributed by atoms with Gasteiger partial charge in [-0.05, 0) is 53.5 Å². The van der Waals surface area contributed by atoms with E-state index in [0.29, 0.717) is 23.8 Å². The number of rotatable bonds is 3. The summed E-state index contributed by atoms with van der Waals surface area (Å²) in [6, 6.07) is 2.25. The van der Waals surface area contributed by atoms with Crippen LogP contribution in [-0.2, 0) is 11.3 Å². The van der Waals surface area contributed by atoms with Gasteiger partial charge in [0.25, 0.3) is 5.91 Å². The lowest BCUT2D eigenvalue weighted by Gasteiger charge is -2.26. The average Bonchev–Trinajstić information content (AvgIpc) is 3.11. The van der Waals surface area contributed by atoms with E-state index >= 15 is 0 Å². The van der Waals surface area contributed by atoms with Gasteiger partial charge < -0.3 is 20.3 Å². The molecule has 1 fully saturated rings. The van der Waals surface area contributed by atoms with E-state index in [2.05, 4.69) is 22.5 Å². The zero-order chi connectivity index (χ0) is 19.1. The molecular weight excluding hydrogens is 332 g/mol. The van der Waals surface area contributed by atoms with Crippen LogP contribution < -0.4 is 15.5 Å². The molecule has 2 aliphatic heterocycles. The van der Waals surface area contributed by atoms with Gasteiger partial charge in [0.2, 0.25) is 0 Å². The van der Waals surface area contributed by atoms with Crippen molar-refractivity contribution in [2.45, 2.75) is 71.7 Å². The second kappa shape index (κ2) is 6.78. The van der Waals surface area contributed by atoms with E-state index in [9.17, 15) is 9.59 Å². The maximum atomic E-state index is 12.2. The lowest BCUT2D eigenvalue weighted by Crippen LogP contribution is -2.41. The lowest BCUT2D eigenvalue weighted by atomic mass is 10.1. The molecule has 2 N–H and O–H groups in total. The predicted octanol–water partition coefficient (Wildman–Crippen LogP) is 2.90. The van der Waals surface area contributed by atoms with Crippen LogP contribution in [0.25, 0.3) is 0 Å². The Bertz CT molecular complexity index is 726. The Hall–Kier alpha value is -2.31. The van der Waals surface area contributed by atoms with E-state index in [-0.39, 0.29) is 11.4 Å². The highest BCUT2D eigenvalue weighted by Gasteiger charge is 2.31. The Morgan fingerprint density at radius 2 is 2.19 bits per heavy atom. The Balaban J connectivity index is 1.90. The highest BCUT2D eigenvalue weighted by molar-refractivity contribution is 5.99. The van der Waals surface area contributed by atoms with E-state index in [1.807, 2.05) is 26.8 Å². The first-order valence-electron chi connectivity index (χ1n) is 9.23. The van der Waals surface area contributed by atoms with Crippen LogP contribution in [0, 0.1) is 0 Å². The van der Waals surface area contributed by atoms with Gasteiger partial charge in [-0.2, -0.15) is 0 Å². The topological polar surface area (TPSA) is 83.6 Å². The molecule has 1 aromatic rings. The molecule has 0 bridgehead atoms. The van der Waals surface area contributed by atoms with E-state index < -0.39 is 12.2 Å². The van der Waals surface area contributed by atoms with Crippen LogP contribution in [0.15, 0.2) is 6.07 Å². The quantitative estimate of drug-likeness (QED) is 0.866. The second-order valence-electron chi connectivity index (χ2n) is 8.18. The van der Waals surface area contributed by atoms with Crippen molar-refractivity contribution in [3.05, 3.63) is 22.9 Å². The number of nitrogens with zero attached hydrogens (tertiary/aromatic N) is 2. The van der Waals surface area contributed by atoms with Crippen LogP contribution in [0.5, 0.6) is 0 Å². The summed E-state index contributed by atoms with van der Waals surface area (Å²) in [5.41, 5.74) is 1.73. The summed E-state index contributed by atoms with van der Waals surface area (Å²) in [6.45, 7) is 11.0. The third-order valence-corrected chi connectivity index (χ3v) is 4.81. The molecule has 2 aliphatic rings. The summed E-state index contributed by atoms with van der Waals surface area (Å²) >= 11 is 0. The molecule has 142 valence electrons. The molecule has 0 aliphatic carbocycles. The first-order valence-corrected chi connectivity index (χ1v) is 9.23. The van der Waals surface area contributed by atoms with Crippen molar-refractivity contribution in [3.8, 4) is 0 Å². The second-order valence-corrected chi connectivity index (χ2v) is 8.18. The third kappa shape index (κ3) is 3.76. The zero-order valence-corrected chi connectivity index (χ0v) is 16.2. The molecule has 1 unspecified atom stereocenters. The molecule has 0 spiro atoms. The average molecular weight is 360 g/mol. The molecule has 3 heterocycles. The maximum Gasteiger partial charge on any atom is 0.408 e. The van der Waals surface area contributed by atoms with Gasteiger partial charge >= 0.3 is 6.09 Å². The minimum Gasteiger partial charge on any atom is -0.440 e. The van der Waals surface area contributed by atoms with Crippen LogP contribution in [0.1, 0.15) is 75.2 Å². The van der Waals surface area contributed by atoms with Gasteiger partial charge in [0.05, 0.1) is 5.69 Å². The normalized spacial score (nSPS) is 20.6. The van der Waals surface area contributed by atoms with Gasteiger partial charge in [-0.1, -0.05) is 0 Å². The van der Waals surface area contributed by atoms with Crippen LogP contribution in [0.4, 0.5) is 10.6 Å². The van der Waals surface area contributed by atoms with Gasteiger partial charge in [-0.25, -0.2) is 9.78 Å². The predicted molar refractivity (Wildman–Crippen MR) is 99.2 cm³/mol. The number of ether oxygens (including phenoxy) is 1. The van der Waals surface area contributed by atoms with Gasteiger partial charge in [0.1, 0.15) is 11.9 Å². The van der Waals surface area contributed by atoms with Crippen molar-refractivity contribution < 1.29 is 14.3 Å². The molecule has 26 heavy (non-hydrogen) atoms. The lowest BCUT2D eigenvalue weighted by molar-refractivity contribution is 0.0962. The number of nitrogens with one attached hydrogen (secondary N) is 2. The number of amides is 2. The van der Waals surface area contributed by atoms with E-state index in [1.165, 1.54) is 0 Å². The summed E-state index contributed by atoms with van der Waals surface area (Å²) < 4.78 is 5.55. The molecule has 0 radical (unpaired) electrons. The monoisotopic (exact) mass is 360 g/mol. The van der Waals surface area contributed by atoms with Crippen LogP contribution in [0.3, 0.4) is 0 Å². The minimum absolute atomic E-state index is 0.0944. The smallest absolute Gasteiger partial charge is 0.408 e. The van der Waals surface area contributed by atoms with Gasteiger partial charge in [0, 0.05) is 35.8 Å². The van der Waals surface area contributed by atoms with E-state index in [4.69, 9.17) is 9.72 Å². The Kier molecular flexibility index (Phi) is 4.82. The fourth-order valence-corrected chi connectivity index (χ4v) is 3.54. The maximum absolute atomic E-state index is 12.2. The highest BCUT2D eigenvalue weighted by Crippen LogP contribution is 2.32. The molecule has 3 rings (SSSR count). The first kappa shape index (κ1) is 18.5. The fourth-order valence-electron chi connectivity index (χ4n) is 3.54. The number of hydrogen-bond donors (Lipinski definition) is 2. The van der Waals surface area contributed by atoms with Crippen LogP contribution >= 0.6 is 0 Å². The van der Waals surface area contributed by atoms with Crippen LogP contribution in [0.2, 0.25) is 0 Å². The number of anilines is 1. The van der Waals surface area contributed by atoms with Crippen molar-refractivity contribution in [1.29, 1.82) is 0 Å². The van der Waals surface area contributed by atoms with Crippen molar-refractivity contribution in [2.75, 3.05) is 11.4 Å². The van der Waals surface area contributed by atoms with Gasteiger partial charge in [-0.15, -0.1) is 0 Å². The summed E-state index contributed by atoms with van der Waals surface area (Å²) in [5, 5.41) is 5.64. The van der Waals surface area contributed by atoms with Gasteiger partial charge in [-0.3, -0.25) is 4.79 Å². The molecule has 7 nitrogen and oxygen atoms in total. The van der Waals surface area contributed by atoms with Crippen molar-refractivity contribution in [3.63, 3.8) is 0 Å². The molecule has 0 saturated carbocycles. The molecule has 2 amide bonds. The van der Waals surface area contributed by atoms with Crippen molar-refractivity contribution in [1.82, 2.24) is 15.6 Å². The number of alkyl carbamates (subject to hydrolysis) is 1. The Morgan fingerprint density at radius 1 is 1.46 bits per heavy atom. The SMILES string of the molecule is CC(OC(=O)NC(C)(C)C)c1nc(N2CCC[C@H]2C)cc2c1CNC2=O. The minimum atomic E-state index is -0.545. The number of aromatic nitrogens is 1.